The summed E-state index contributed by atoms with van der Waals surface area (Å²) in [6.07, 6.45) is 0. The SMILES string of the molecule is Cc1cc(S(=O)(=O)c2c(C)ccc(C)c2O)c(O)c(C)c1C. The smallest absolute Gasteiger partial charge is 0.214 e. The molecule has 2 N–H and O–H groups in total. The first-order chi connectivity index (χ1) is 10.1. The summed E-state index contributed by atoms with van der Waals surface area (Å²) in [6.45, 7) is 8.57. The van der Waals surface area contributed by atoms with Crippen LogP contribution in [0.1, 0.15) is 27.8 Å². The van der Waals surface area contributed by atoms with Gasteiger partial charge in [-0.1, -0.05) is 12.1 Å². The Morgan fingerprint density at radius 2 is 1.32 bits per heavy atom. The monoisotopic (exact) mass is 320 g/mol. The third-order valence-corrected chi connectivity index (χ3v) is 6.12. The summed E-state index contributed by atoms with van der Waals surface area (Å²) >= 11 is 0. The fourth-order valence-electron chi connectivity index (χ4n) is 2.46. The lowest BCUT2D eigenvalue weighted by molar-refractivity contribution is 0.447. The van der Waals surface area contributed by atoms with Crippen molar-refractivity contribution in [1.29, 1.82) is 0 Å². The third kappa shape index (κ3) is 2.35. The quantitative estimate of drug-likeness (QED) is 0.888. The molecule has 2 rings (SSSR count). The van der Waals surface area contributed by atoms with E-state index in [1.165, 1.54) is 6.07 Å². The van der Waals surface area contributed by atoms with E-state index in [2.05, 4.69) is 0 Å². The van der Waals surface area contributed by atoms with Gasteiger partial charge in [0.05, 0.1) is 0 Å². The molecule has 5 heteroatoms. The summed E-state index contributed by atoms with van der Waals surface area (Å²) in [5.74, 6) is -0.529. The van der Waals surface area contributed by atoms with E-state index in [4.69, 9.17) is 0 Å². The van der Waals surface area contributed by atoms with Crippen molar-refractivity contribution in [2.45, 2.75) is 44.4 Å². The maximum atomic E-state index is 12.9. The summed E-state index contributed by atoms with van der Waals surface area (Å²) in [5, 5.41) is 20.5. The highest BCUT2D eigenvalue weighted by Crippen LogP contribution is 2.39. The first kappa shape index (κ1) is 16.4. The van der Waals surface area contributed by atoms with Gasteiger partial charge in [0.25, 0.3) is 0 Å². The molecule has 0 fully saturated rings. The number of phenols is 2. The standard InChI is InChI=1S/C17H20O4S/c1-9-6-7-10(2)17(15(9)18)22(20,21)14-8-11(3)12(4)13(5)16(14)19/h6-8,18-19H,1-5H3. The highest BCUT2D eigenvalue weighted by molar-refractivity contribution is 7.91. The van der Waals surface area contributed by atoms with Crippen LogP contribution in [0.5, 0.6) is 11.5 Å². The normalized spacial score (nSPS) is 11.7. The minimum atomic E-state index is -4.02. The fraction of sp³-hybridized carbons (Fsp3) is 0.294. The average molecular weight is 320 g/mol. The molecule has 118 valence electrons. The number of benzene rings is 2. The van der Waals surface area contributed by atoms with Crippen molar-refractivity contribution >= 4 is 9.84 Å². The molecule has 0 saturated heterocycles. The minimum absolute atomic E-state index is 0.148. The van der Waals surface area contributed by atoms with Crippen LogP contribution in [0.4, 0.5) is 0 Å². The molecule has 0 saturated carbocycles. The van der Waals surface area contributed by atoms with Crippen LogP contribution in [-0.2, 0) is 9.84 Å². The highest BCUT2D eigenvalue weighted by atomic mass is 32.2. The molecule has 0 unspecified atom stereocenters. The van der Waals surface area contributed by atoms with E-state index < -0.39 is 9.84 Å². The zero-order chi connectivity index (χ0) is 16.8. The van der Waals surface area contributed by atoms with Crippen LogP contribution in [0, 0.1) is 34.6 Å². The van der Waals surface area contributed by atoms with Crippen molar-refractivity contribution in [3.05, 3.63) is 46.0 Å². The molecule has 0 aliphatic carbocycles. The van der Waals surface area contributed by atoms with Gasteiger partial charge in [-0.05, 0) is 68.5 Å². The van der Waals surface area contributed by atoms with Gasteiger partial charge in [-0.2, -0.15) is 0 Å². The Bertz CT molecular complexity index is 865. The molecule has 0 aromatic heterocycles. The number of phenolic OH excluding ortho intramolecular Hbond substituents is 2. The second-order valence-electron chi connectivity index (χ2n) is 5.67. The van der Waals surface area contributed by atoms with E-state index >= 15 is 0 Å². The average Bonchev–Trinajstić information content (AvgIpc) is 2.44. The molecular formula is C17H20O4S. The van der Waals surface area contributed by atoms with E-state index in [9.17, 15) is 18.6 Å². The van der Waals surface area contributed by atoms with E-state index in [0.717, 1.165) is 11.1 Å². The second kappa shape index (κ2) is 5.32. The molecule has 0 radical (unpaired) electrons. The van der Waals surface area contributed by atoms with E-state index in [0.29, 0.717) is 16.7 Å². The molecule has 0 aliphatic heterocycles. The summed E-state index contributed by atoms with van der Waals surface area (Å²) in [7, 11) is -4.02. The van der Waals surface area contributed by atoms with Crippen LogP contribution >= 0.6 is 0 Å². The van der Waals surface area contributed by atoms with Crippen LogP contribution in [0.2, 0.25) is 0 Å². The molecule has 0 spiro atoms. The van der Waals surface area contributed by atoms with E-state index in [1.807, 2.05) is 6.92 Å². The third-order valence-electron chi connectivity index (χ3n) is 4.18. The molecule has 2 aromatic carbocycles. The van der Waals surface area contributed by atoms with Gasteiger partial charge in [-0.25, -0.2) is 8.42 Å². The molecule has 0 heterocycles. The van der Waals surface area contributed by atoms with Gasteiger partial charge < -0.3 is 10.2 Å². The van der Waals surface area contributed by atoms with Gasteiger partial charge in [-0.15, -0.1) is 0 Å². The lowest BCUT2D eigenvalue weighted by Crippen LogP contribution is -2.07. The minimum Gasteiger partial charge on any atom is -0.506 e. The first-order valence-electron chi connectivity index (χ1n) is 6.93. The number of aromatic hydroxyl groups is 2. The van der Waals surface area contributed by atoms with Crippen molar-refractivity contribution in [2.24, 2.45) is 0 Å². The molecular weight excluding hydrogens is 300 g/mol. The molecule has 22 heavy (non-hydrogen) atoms. The predicted octanol–water partition coefficient (Wildman–Crippen LogP) is 3.47. The van der Waals surface area contributed by atoms with Crippen molar-refractivity contribution in [1.82, 2.24) is 0 Å². The predicted molar refractivity (Wildman–Crippen MR) is 85.4 cm³/mol. The Kier molecular flexibility index (Phi) is 3.96. The summed E-state index contributed by atoms with van der Waals surface area (Å²) in [5.41, 5.74) is 3.08. The van der Waals surface area contributed by atoms with Crippen LogP contribution in [0.15, 0.2) is 28.0 Å². The summed E-state index contributed by atoms with van der Waals surface area (Å²) in [4.78, 5) is -0.317. The topological polar surface area (TPSA) is 74.6 Å². The van der Waals surface area contributed by atoms with Crippen LogP contribution in [-0.4, -0.2) is 18.6 Å². The molecule has 0 atom stereocenters. The van der Waals surface area contributed by atoms with Crippen LogP contribution < -0.4 is 0 Å². The molecule has 2 aromatic rings. The van der Waals surface area contributed by atoms with Crippen molar-refractivity contribution < 1.29 is 18.6 Å². The van der Waals surface area contributed by atoms with Crippen molar-refractivity contribution in [3.8, 4) is 11.5 Å². The van der Waals surface area contributed by atoms with E-state index in [-0.39, 0.29) is 21.3 Å². The second-order valence-corrected chi connectivity index (χ2v) is 7.53. The lowest BCUT2D eigenvalue weighted by atomic mass is 10.0. The zero-order valence-electron chi connectivity index (χ0n) is 13.4. The number of hydrogen-bond donors (Lipinski definition) is 2. The summed E-state index contributed by atoms with van der Waals surface area (Å²) in [6, 6.07) is 4.76. The van der Waals surface area contributed by atoms with Crippen molar-refractivity contribution in [3.63, 3.8) is 0 Å². The lowest BCUT2D eigenvalue weighted by Gasteiger charge is -2.16. The van der Waals surface area contributed by atoms with Gasteiger partial charge in [-0.3, -0.25) is 0 Å². The number of sulfone groups is 1. The molecule has 0 bridgehead atoms. The Balaban J connectivity index is 2.87. The number of rotatable bonds is 2. The molecule has 4 nitrogen and oxygen atoms in total. The first-order valence-corrected chi connectivity index (χ1v) is 8.41. The van der Waals surface area contributed by atoms with Gasteiger partial charge >= 0.3 is 0 Å². The maximum Gasteiger partial charge on any atom is 0.214 e. The van der Waals surface area contributed by atoms with Gasteiger partial charge in [0.1, 0.15) is 21.3 Å². The van der Waals surface area contributed by atoms with Gasteiger partial charge in [0.15, 0.2) is 0 Å². The zero-order valence-corrected chi connectivity index (χ0v) is 14.2. The van der Waals surface area contributed by atoms with Crippen LogP contribution in [0.3, 0.4) is 0 Å². The van der Waals surface area contributed by atoms with Crippen molar-refractivity contribution in [2.75, 3.05) is 0 Å². The Morgan fingerprint density at radius 1 is 0.773 bits per heavy atom. The Morgan fingerprint density at radius 3 is 1.91 bits per heavy atom. The highest BCUT2D eigenvalue weighted by Gasteiger charge is 2.29. The fourth-order valence-corrected chi connectivity index (χ4v) is 4.32. The molecule has 0 aliphatic rings. The maximum absolute atomic E-state index is 12.9. The van der Waals surface area contributed by atoms with Crippen LogP contribution in [0.25, 0.3) is 0 Å². The van der Waals surface area contributed by atoms with E-state index in [1.54, 1.807) is 39.8 Å². The Labute approximate surface area is 131 Å². The number of aryl methyl sites for hydroxylation is 3. The largest absolute Gasteiger partial charge is 0.506 e. The molecule has 0 amide bonds. The van der Waals surface area contributed by atoms with Gasteiger partial charge in [0.2, 0.25) is 9.84 Å². The Hall–Kier alpha value is -2.01. The number of hydrogen-bond acceptors (Lipinski definition) is 4. The summed E-state index contributed by atoms with van der Waals surface area (Å²) < 4.78 is 25.9. The van der Waals surface area contributed by atoms with Gasteiger partial charge in [0, 0.05) is 0 Å².